The van der Waals surface area contributed by atoms with Crippen LogP contribution in [0.5, 0.6) is 0 Å². The molecule has 3 rings (SSSR count). The van der Waals surface area contributed by atoms with Crippen molar-refractivity contribution in [3.8, 4) is 11.4 Å². The molecule has 0 saturated carbocycles. The van der Waals surface area contributed by atoms with Gasteiger partial charge in [-0.05, 0) is 18.6 Å². The van der Waals surface area contributed by atoms with Gasteiger partial charge in [0.1, 0.15) is 6.04 Å². The Morgan fingerprint density at radius 1 is 1.17 bits per heavy atom. The van der Waals surface area contributed by atoms with Gasteiger partial charge in [0.25, 0.3) is 0 Å². The minimum absolute atomic E-state index is 0.0153. The summed E-state index contributed by atoms with van der Waals surface area (Å²) >= 11 is 0. The summed E-state index contributed by atoms with van der Waals surface area (Å²) in [4.78, 5) is 17.1. The lowest BCUT2D eigenvalue weighted by molar-refractivity contribution is -0.125. The molecule has 8 nitrogen and oxygen atoms in total. The zero-order valence-electron chi connectivity index (χ0n) is 16.4. The Morgan fingerprint density at radius 3 is 2.55 bits per heavy atom. The van der Waals surface area contributed by atoms with Crippen molar-refractivity contribution in [1.29, 1.82) is 0 Å². The van der Waals surface area contributed by atoms with Gasteiger partial charge in [-0.25, -0.2) is 8.42 Å². The third-order valence-electron chi connectivity index (χ3n) is 4.41. The van der Waals surface area contributed by atoms with E-state index in [4.69, 9.17) is 4.52 Å². The molecule has 0 bridgehead atoms. The number of hydrogen-bond acceptors (Lipinski definition) is 6. The summed E-state index contributed by atoms with van der Waals surface area (Å²) in [5.41, 5.74) is 2.44. The van der Waals surface area contributed by atoms with Gasteiger partial charge in [0.05, 0.1) is 12.8 Å². The van der Waals surface area contributed by atoms with E-state index < -0.39 is 22.0 Å². The minimum atomic E-state index is -3.59. The fourth-order valence-corrected chi connectivity index (χ4v) is 3.44. The Hall–Kier alpha value is -3.04. The summed E-state index contributed by atoms with van der Waals surface area (Å²) in [5, 5.41) is 6.62. The van der Waals surface area contributed by atoms with Gasteiger partial charge >= 0.3 is 0 Å². The van der Waals surface area contributed by atoms with Gasteiger partial charge in [-0.1, -0.05) is 59.3 Å². The SMILES string of the molecule is Cc1cccc(-c2noc(CNC(=O)[C@H](c3ccccc3)N(C)S(C)(=O)=O)n2)c1. The van der Waals surface area contributed by atoms with Crippen LogP contribution < -0.4 is 5.32 Å². The molecule has 0 fully saturated rings. The predicted octanol–water partition coefficient (Wildman–Crippen LogP) is 2.29. The topological polar surface area (TPSA) is 105 Å². The number of carbonyl (C=O) groups is 1. The quantitative estimate of drug-likeness (QED) is 0.636. The molecular formula is C20H22N4O4S. The number of nitrogens with zero attached hydrogens (tertiary/aromatic N) is 3. The standard InChI is InChI=1S/C20H22N4O4S/c1-14-8-7-11-16(12-14)19-22-17(28-23-19)13-21-20(25)18(24(2)29(3,26)27)15-9-5-4-6-10-15/h4-12,18H,13H2,1-3H3,(H,21,25)/t18-/m0/s1. The predicted molar refractivity (Wildman–Crippen MR) is 108 cm³/mol. The molecule has 29 heavy (non-hydrogen) atoms. The lowest BCUT2D eigenvalue weighted by Gasteiger charge is -2.25. The zero-order valence-corrected chi connectivity index (χ0v) is 17.2. The summed E-state index contributed by atoms with van der Waals surface area (Å²) in [6.45, 7) is 1.95. The van der Waals surface area contributed by atoms with Gasteiger partial charge in [0.15, 0.2) is 0 Å². The first-order valence-corrected chi connectivity index (χ1v) is 10.8. The summed E-state index contributed by atoms with van der Waals surface area (Å²) in [6, 6.07) is 15.3. The van der Waals surface area contributed by atoms with Crippen molar-refractivity contribution in [2.75, 3.05) is 13.3 Å². The van der Waals surface area contributed by atoms with E-state index in [-0.39, 0.29) is 12.4 Å². The van der Waals surface area contributed by atoms with Crippen molar-refractivity contribution in [1.82, 2.24) is 19.8 Å². The van der Waals surface area contributed by atoms with Crippen molar-refractivity contribution in [3.05, 3.63) is 71.6 Å². The number of rotatable bonds is 7. The van der Waals surface area contributed by atoms with Crippen LogP contribution in [-0.2, 0) is 21.4 Å². The second-order valence-corrected chi connectivity index (χ2v) is 8.73. The second-order valence-electron chi connectivity index (χ2n) is 6.69. The average molecular weight is 414 g/mol. The van der Waals surface area contributed by atoms with Gasteiger partial charge in [-0.2, -0.15) is 9.29 Å². The maximum atomic E-state index is 12.8. The molecule has 3 aromatic rings. The first-order chi connectivity index (χ1) is 13.8. The zero-order chi connectivity index (χ0) is 21.0. The number of nitrogens with one attached hydrogen (secondary N) is 1. The van der Waals surface area contributed by atoms with E-state index in [0.717, 1.165) is 21.7 Å². The van der Waals surface area contributed by atoms with Gasteiger partial charge < -0.3 is 9.84 Å². The van der Waals surface area contributed by atoms with Crippen LogP contribution in [0, 0.1) is 6.92 Å². The van der Waals surface area contributed by atoms with Crippen LogP contribution in [0.25, 0.3) is 11.4 Å². The molecule has 1 N–H and O–H groups in total. The Labute approximate surface area is 169 Å². The monoisotopic (exact) mass is 414 g/mol. The summed E-state index contributed by atoms with van der Waals surface area (Å²) < 4.78 is 30.3. The molecule has 0 saturated heterocycles. The van der Waals surface area contributed by atoms with E-state index in [9.17, 15) is 13.2 Å². The molecule has 1 aromatic heterocycles. The van der Waals surface area contributed by atoms with Crippen LogP contribution in [0.3, 0.4) is 0 Å². The molecular weight excluding hydrogens is 392 g/mol. The molecule has 0 unspecified atom stereocenters. The summed E-state index contributed by atoms with van der Waals surface area (Å²) in [6.07, 6.45) is 1.06. The van der Waals surface area contributed by atoms with Gasteiger partial charge in [-0.15, -0.1) is 0 Å². The summed E-state index contributed by atoms with van der Waals surface area (Å²) in [7, 11) is -2.22. The van der Waals surface area contributed by atoms with Gasteiger partial charge in [-0.3, -0.25) is 4.79 Å². The Bertz CT molecular complexity index is 1100. The molecule has 1 atom stereocenters. The maximum absolute atomic E-state index is 12.8. The number of likely N-dealkylation sites (N-methyl/N-ethyl adjacent to an activating group) is 1. The van der Waals surface area contributed by atoms with Crippen LogP contribution in [0.4, 0.5) is 0 Å². The fourth-order valence-electron chi connectivity index (χ4n) is 2.84. The average Bonchev–Trinajstić information content (AvgIpc) is 3.16. The smallest absolute Gasteiger partial charge is 0.246 e. The fraction of sp³-hybridized carbons (Fsp3) is 0.250. The van der Waals surface area contributed by atoms with Gasteiger partial charge in [0.2, 0.25) is 27.6 Å². The van der Waals surface area contributed by atoms with Crippen LogP contribution in [0.1, 0.15) is 23.1 Å². The largest absolute Gasteiger partial charge is 0.345 e. The maximum Gasteiger partial charge on any atom is 0.246 e. The number of aryl methyl sites for hydroxylation is 1. The second kappa shape index (κ2) is 8.54. The van der Waals surface area contributed by atoms with Crippen LogP contribution >= 0.6 is 0 Å². The van der Waals surface area contributed by atoms with Crippen molar-refractivity contribution in [3.63, 3.8) is 0 Å². The molecule has 0 aliphatic carbocycles. The highest BCUT2D eigenvalue weighted by atomic mass is 32.2. The van der Waals surface area contributed by atoms with E-state index in [1.54, 1.807) is 30.3 Å². The normalized spacial score (nSPS) is 12.7. The van der Waals surface area contributed by atoms with Crippen molar-refractivity contribution in [2.45, 2.75) is 19.5 Å². The van der Waals surface area contributed by atoms with E-state index in [2.05, 4.69) is 15.5 Å². The third-order valence-corrected chi connectivity index (χ3v) is 5.67. The van der Waals surface area contributed by atoms with Crippen molar-refractivity contribution in [2.24, 2.45) is 0 Å². The van der Waals surface area contributed by atoms with E-state index in [0.29, 0.717) is 11.4 Å². The Morgan fingerprint density at radius 2 is 1.90 bits per heavy atom. The molecule has 1 amide bonds. The number of carbonyl (C=O) groups excluding carboxylic acids is 1. The number of hydrogen-bond donors (Lipinski definition) is 1. The molecule has 152 valence electrons. The summed E-state index contributed by atoms with van der Waals surface area (Å²) in [5.74, 6) is 0.161. The van der Waals surface area contributed by atoms with Gasteiger partial charge in [0, 0.05) is 12.6 Å². The molecule has 0 aliphatic rings. The van der Waals surface area contributed by atoms with Crippen LogP contribution in [-0.4, -0.2) is 42.1 Å². The molecule has 0 aliphatic heterocycles. The van der Waals surface area contributed by atoms with Crippen molar-refractivity contribution < 1.29 is 17.7 Å². The minimum Gasteiger partial charge on any atom is -0.345 e. The Balaban J connectivity index is 1.75. The molecule has 0 spiro atoms. The van der Waals surface area contributed by atoms with Crippen LogP contribution in [0.2, 0.25) is 0 Å². The highest BCUT2D eigenvalue weighted by Crippen LogP contribution is 2.22. The number of aromatic nitrogens is 2. The highest BCUT2D eigenvalue weighted by molar-refractivity contribution is 7.88. The van der Waals surface area contributed by atoms with Crippen molar-refractivity contribution >= 4 is 15.9 Å². The Kier molecular flexibility index (Phi) is 6.09. The molecule has 0 radical (unpaired) electrons. The molecule has 2 aromatic carbocycles. The van der Waals surface area contributed by atoms with E-state index >= 15 is 0 Å². The first-order valence-electron chi connectivity index (χ1n) is 8.91. The van der Waals surface area contributed by atoms with Crippen LogP contribution in [0.15, 0.2) is 59.1 Å². The number of sulfonamides is 1. The molecule has 9 heteroatoms. The third kappa shape index (κ3) is 5.07. The number of benzene rings is 2. The lowest BCUT2D eigenvalue weighted by Crippen LogP contribution is -2.41. The van der Waals surface area contributed by atoms with E-state index in [1.165, 1.54) is 7.05 Å². The molecule has 1 heterocycles. The number of amides is 1. The lowest BCUT2D eigenvalue weighted by atomic mass is 10.1. The van der Waals surface area contributed by atoms with E-state index in [1.807, 2.05) is 31.2 Å². The highest BCUT2D eigenvalue weighted by Gasteiger charge is 2.30. The first kappa shape index (κ1) is 20.7.